The summed E-state index contributed by atoms with van der Waals surface area (Å²) in [5, 5.41) is 5.98. The number of urea groups is 1. The first-order chi connectivity index (χ1) is 11.1. The summed E-state index contributed by atoms with van der Waals surface area (Å²) in [6, 6.07) is 13.4. The number of hydrogen-bond acceptors (Lipinski definition) is 3. The van der Waals surface area contributed by atoms with Crippen molar-refractivity contribution in [2.45, 2.75) is 13.5 Å². The molecule has 0 saturated heterocycles. The van der Waals surface area contributed by atoms with E-state index in [0.717, 1.165) is 5.56 Å². The Bertz CT molecular complexity index is 686. The van der Waals surface area contributed by atoms with Crippen molar-refractivity contribution in [3.05, 3.63) is 64.7 Å². The summed E-state index contributed by atoms with van der Waals surface area (Å²) in [6.45, 7) is 2.44. The Labute approximate surface area is 139 Å². The summed E-state index contributed by atoms with van der Waals surface area (Å²) in [6.07, 6.45) is 0. The maximum atomic E-state index is 11.8. The Morgan fingerprint density at radius 2 is 1.87 bits per heavy atom. The molecule has 0 spiro atoms. The van der Waals surface area contributed by atoms with Crippen LogP contribution in [0.5, 0.6) is 0 Å². The normalized spacial score (nSPS) is 10.0. The standard InChI is InChI=1S/C17H17ClN2O3/c1-2-23-16(21)13-8-6-12(7-9-13)11-19-17(22)20-15-5-3-4-14(18)10-15/h3-10H,2,11H2,1H3,(H2,19,20,22). The second-order valence-corrected chi connectivity index (χ2v) is 5.17. The molecule has 2 aromatic carbocycles. The molecule has 0 aliphatic heterocycles. The van der Waals surface area contributed by atoms with Gasteiger partial charge in [0.1, 0.15) is 0 Å². The predicted octanol–water partition coefficient (Wildman–Crippen LogP) is 3.84. The van der Waals surface area contributed by atoms with Crippen LogP contribution in [0, 0.1) is 0 Å². The molecule has 2 aromatic rings. The first-order valence-electron chi connectivity index (χ1n) is 7.15. The van der Waals surface area contributed by atoms with Crippen molar-refractivity contribution in [2.75, 3.05) is 11.9 Å². The minimum Gasteiger partial charge on any atom is -0.462 e. The number of esters is 1. The van der Waals surface area contributed by atoms with Crippen molar-refractivity contribution in [1.82, 2.24) is 5.32 Å². The third-order valence-electron chi connectivity index (χ3n) is 3.00. The van der Waals surface area contributed by atoms with Crippen LogP contribution < -0.4 is 10.6 Å². The van der Waals surface area contributed by atoms with Crippen molar-refractivity contribution in [3.63, 3.8) is 0 Å². The number of hydrogen-bond donors (Lipinski definition) is 2. The van der Waals surface area contributed by atoms with E-state index >= 15 is 0 Å². The van der Waals surface area contributed by atoms with E-state index in [1.165, 1.54) is 0 Å². The second-order valence-electron chi connectivity index (χ2n) is 4.74. The fourth-order valence-corrected chi connectivity index (χ4v) is 2.09. The van der Waals surface area contributed by atoms with E-state index in [4.69, 9.17) is 16.3 Å². The highest BCUT2D eigenvalue weighted by atomic mass is 35.5. The van der Waals surface area contributed by atoms with Crippen LogP contribution in [0.1, 0.15) is 22.8 Å². The molecule has 0 saturated carbocycles. The molecule has 0 fully saturated rings. The number of halogens is 1. The molecule has 0 aliphatic rings. The highest BCUT2D eigenvalue weighted by molar-refractivity contribution is 6.30. The molecule has 0 atom stereocenters. The topological polar surface area (TPSA) is 67.4 Å². The van der Waals surface area contributed by atoms with Gasteiger partial charge in [-0.15, -0.1) is 0 Å². The molecule has 0 radical (unpaired) electrons. The van der Waals surface area contributed by atoms with Crippen molar-refractivity contribution < 1.29 is 14.3 Å². The Kier molecular flexibility index (Phi) is 6.00. The number of rotatable bonds is 5. The summed E-state index contributed by atoms with van der Waals surface area (Å²) in [4.78, 5) is 23.4. The van der Waals surface area contributed by atoms with E-state index in [9.17, 15) is 9.59 Å². The SMILES string of the molecule is CCOC(=O)c1ccc(CNC(=O)Nc2cccc(Cl)c2)cc1. The minimum absolute atomic E-state index is 0.332. The van der Waals surface area contributed by atoms with Crippen LogP contribution in [0.15, 0.2) is 48.5 Å². The lowest BCUT2D eigenvalue weighted by atomic mass is 10.1. The van der Waals surface area contributed by atoms with Gasteiger partial charge in [-0.1, -0.05) is 29.8 Å². The molecule has 0 aromatic heterocycles. The average Bonchev–Trinajstić information content (AvgIpc) is 2.54. The number of anilines is 1. The maximum Gasteiger partial charge on any atom is 0.338 e. The largest absolute Gasteiger partial charge is 0.462 e. The van der Waals surface area contributed by atoms with Gasteiger partial charge in [0.2, 0.25) is 0 Å². The maximum absolute atomic E-state index is 11.8. The molecular formula is C17H17ClN2O3. The van der Waals surface area contributed by atoms with Crippen molar-refractivity contribution in [3.8, 4) is 0 Å². The van der Waals surface area contributed by atoms with Crippen LogP contribution in [0.3, 0.4) is 0 Å². The van der Waals surface area contributed by atoms with Gasteiger partial charge in [0.25, 0.3) is 0 Å². The quantitative estimate of drug-likeness (QED) is 0.817. The van der Waals surface area contributed by atoms with Crippen LogP contribution >= 0.6 is 11.6 Å². The van der Waals surface area contributed by atoms with Gasteiger partial charge in [0.05, 0.1) is 12.2 Å². The number of benzene rings is 2. The molecule has 2 amide bonds. The number of ether oxygens (including phenoxy) is 1. The Hall–Kier alpha value is -2.53. The van der Waals surface area contributed by atoms with Gasteiger partial charge in [-0.2, -0.15) is 0 Å². The van der Waals surface area contributed by atoms with Crippen molar-refractivity contribution in [1.29, 1.82) is 0 Å². The smallest absolute Gasteiger partial charge is 0.338 e. The minimum atomic E-state index is -0.356. The summed E-state index contributed by atoms with van der Waals surface area (Å²) >= 11 is 5.85. The zero-order valence-electron chi connectivity index (χ0n) is 12.6. The van der Waals surface area contributed by atoms with E-state index < -0.39 is 0 Å². The Balaban J connectivity index is 1.85. The summed E-state index contributed by atoms with van der Waals surface area (Å²) in [5.41, 5.74) is 1.98. The van der Waals surface area contributed by atoms with E-state index in [1.54, 1.807) is 55.5 Å². The molecule has 23 heavy (non-hydrogen) atoms. The lowest BCUT2D eigenvalue weighted by Gasteiger charge is -2.08. The first-order valence-corrected chi connectivity index (χ1v) is 7.52. The highest BCUT2D eigenvalue weighted by Gasteiger charge is 2.06. The summed E-state index contributed by atoms with van der Waals surface area (Å²) in [5.74, 6) is -0.356. The van der Waals surface area contributed by atoms with Gasteiger partial charge in [-0.25, -0.2) is 9.59 Å². The highest BCUT2D eigenvalue weighted by Crippen LogP contribution is 2.14. The lowest BCUT2D eigenvalue weighted by Crippen LogP contribution is -2.28. The third kappa shape index (κ3) is 5.30. The van der Waals surface area contributed by atoms with Crippen LogP contribution in [0.4, 0.5) is 10.5 Å². The van der Waals surface area contributed by atoms with Crippen LogP contribution in [-0.2, 0) is 11.3 Å². The monoisotopic (exact) mass is 332 g/mol. The molecule has 0 bridgehead atoms. The van der Waals surface area contributed by atoms with Crippen LogP contribution in [0.2, 0.25) is 5.02 Å². The second kappa shape index (κ2) is 8.19. The molecule has 0 unspecified atom stereocenters. The van der Waals surface area contributed by atoms with Crippen LogP contribution in [-0.4, -0.2) is 18.6 Å². The Morgan fingerprint density at radius 3 is 2.52 bits per heavy atom. The average molecular weight is 333 g/mol. The summed E-state index contributed by atoms with van der Waals surface area (Å²) in [7, 11) is 0. The van der Waals surface area contributed by atoms with Crippen LogP contribution in [0.25, 0.3) is 0 Å². The molecule has 0 aliphatic carbocycles. The molecule has 2 N–H and O–H groups in total. The number of nitrogens with one attached hydrogen (secondary N) is 2. The molecule has 2 rings (SSSR count). The van der Waals surface area contributed by atoms with Gasteiger partial charge in [0, 0.05) is 17.3 Å². The fraction of sp³-hybridized carbons (Fsp3) is 0.176. The third-order valence-corrected chi connectivity index (χ3v) is 3.24. The van der Waals surface area contributed by atoms with Gasteiger partial charge in [-0.05, 0) is 42.8 Å². The fourth-order valence-electron chi connectivity index (χ4n) is 1.90. The van der Waals surface area contributed by atoms with Crippen molar-refractivity contribution >= 4 is 29.3 Å². The van der Waals surface area contributed by atoms with E-state index in [1.807, 2.05) is 0 Å². The van der Waals surface area contributed by atoms with E-state index in [0.29, 0.717) is 29.4 Å². The zero-order chi connectivity index (χ0) is 16.7. The lowest BCUT2D eigenvalue weighted by molar-refractivity contribution is 0.0526. The van der Waals surface area contributed by atoms with Gasteiger partial charge < -0.3 is 15.4 Å². The number of carbonyl (C=O) groups is 2. The van der Waals surface area contributed by atoms with Gasteiger partial charge in [-0.3, -0.25) is 0 Å². The molecule has 0 heterocycles. The van der Waals surface area contributed by atoms with Gasteiger partial charge >= 0.3 is 12.0 Å². The molecule has 120 valence electrons. The number of carbonyl (C=O) groups excluding carboxylic acids is 2. The van der Waals surface area contributed by atoms with Gasteiger partial charge in [0.15, 0.2) is 0 Å². The predicted molar refractivity (Wildman–Crippen MR) is 89.7 cm³/mol. The first kappa shape index (κ1) is 16.8. The Morgan fingerprint density at radius 1 is 1.13 bits per heavy atom. The molecule has 5 nitrogen and oxygen atoms in total. The summed E-state index contributed by atoms with van der Waals surface area (Å²) < 4.78 is 4.91. The molecule has 6 heteroatoms. The van der Waals surface area contributed by atoms with Crippen molar-refractivity contribution in [2.24, 2.45) is 0 Å². The molecular weight excluding hydrogens is 316 g/mol. The van der Waals surface area contributed by atoms with E-state index in [2.05, 4.69) is 10.6 Å². The zero-order valence-corrected chi connectivity index (χ0v) is 13.4. The van der Waals surface area contributed by atoms with E-state index in [-0.39, 0.29) is 12.0 Å². The number of amides is 2.